The van der Waals surface area contributed by atoms with Crippen molar-refractivity contribution in [2.45, 2.75) is 46.0 Å². The summed E-state index contributed by atoms with van der Waals surface area (Å²) in [6.07, 6.45) is 8.19. The summed E-state index contributed by atoms with van der Waals surface area (Å²) in [4.78, 5) is 11.8. The van der Waals surface area contributed by atoms with Gasteiger partial charge < -0.3 is 10.1 Å². The highest BCUT2D eigenvalue weighted by Gasteiger charge is 2.07. The van der Waals surface area contributed by atoms with Gasteiger partial charge in [-0.05, 0) is 69.2 Å². The van der Waals surface area contributed by atoms with Crippen LogP contribution in [0.25, 0.3) is 0 Å². The number of ether oxygens (including phenoxy) is 1. The van der Waals surface area contributed by atoms with Crippen molar-refractivity contribution in [3.63, 3.8) is 0 Å². The predicted molar refractivity (Wildman–Crippen MR) is 90.6 cm³/mol. The molecule has 3 nitrogen and oxygen atoms in total. The van der Waals surface area contributed by atoms with Crippen molar-refractivity contribution in [1.82, 2.24) is 5.32 Å². The molecule has 1 aliphatic rings. The van der Waals surface area contributed by atoms with Crippen LogP contribution in [0.2, 0.25) is 5.02 Å². The second-order valence-corrected chi connectivity index (χ2v) is 6.25. The van der Waals surface area contributed by atoms with Gasteiger partial charge in [-0.2, -0.15) is 0 Å². The lowest BCUT2D eigenvalue weighted by Gasteiger charge is -2.13. The molecule has 0 atom stereocenters. The Morgan fingerprint density at radius 1 is 1.27 bits per heavy atom. The molecule has 0 fully saturated rings. The quantitative estimate of drug-likeness (QED) is 0.791. The molecule has 22 heavy (non-hydrogen) atoms. The summed E-state index contributed by atoms with van der Waals surface area (Å²) in [5.74, 6) is 0.603. The van der Waals surface area contributed by atoms with Crippen LogP contribution in [0.4, 0.5) is 0 Å². The average Bonchev–Trinajstić information content (AvgIpc) is 2.51. The van der Waals surface area contributed by atoms with E-state index in [1.807, 2.05) is 26.0 Å². The maximum atomic E-state index is 11.8. The molecule has 1 aliphatic carbocycles. The van der Waals surface area contributed by atoms with E-state index in [4.69, 9.17) is 16.3 Å². The molecular formula is C18H24ClNO2. The molecule has 1 aromatic rings. The first-order valence-electron chi connectivity index (χ1n) is 7.90. The zero-order valence-corrected chi connectivity index (χ0v) is 14.1. The molecular weight excluding hydrogens is 298 g/mol. The fourth-order valence-corrected chi connectivity index (χ4v) is 2.79. The molecule has 0 spiro atoms. The molecule has 0 unspecified atom stereocenters. The van der Waals surface area contributed by atoms with Crippen molar-refractivity contribution in [2.75, 3.05) is 13.2 Å². The number of benzene rings is 1. The number of amides is 1. The van der Waals surface area contributed by atoms with Crippen LogP contribution in [-0.2, 0) is 4.79 Å². The van der Waals surface area contributed by atoms with Gasteiger partial charge in [-0.15, -0.1) is 0 Å². The minimum atomic E-state index is -0.0818. The van der Waals surface area contributed by atoms with Gasteiger partial charge in [-0.1, -0.05) is 23.3 Å². The van der Waals surface area contributed by atoms with E-state index >= 15 is 0 Å². The number of allylic oxidation sites excluding steroid dienone is 1. The molecule has 0 aromatic heterocycles. The highest BCUT2D eigenvalue weighted by atomic mass is 35.5. The summed E-state index contributed by atoms with van der Waals surface area (Å²) >= 11 is 6.11. The van der Waals surface area contributed by atoms with Crippen LogP contribution in [0.3, 0.4) is 0 Å². The van der Waals surface area contributed by atoms with Crippen molar-refractivity contribution < 1.29 is 9.53 Å². The lowest BCUT2D eigenvalue weighted by molar-refractivity contribution is -0.123. The number of halogens is 1. The summed E-state index contributed by atoms with van der Waals surface area (Å²) in [7, 11) is 0. The topological polar surface area (TPSA) is 38.3 Å². The van der Waals surface area contributed by atoms with E-state index in [1.54, 1.807) is 0 Å². The Labute approximate surface area is 137 Å². The van der Waals surface area contributed by atoms with E-state index in [2.05, 4.69) is 11.4 Å². The Balaban J connectivity index is 1.72. The Bertz CT molecular complexity index is 543. The highest BCUT2D eigenvalue weighted by molar-refractivity contribution is 6.32. The van der Waals surface area contributed by atoms with Crippen LogP contribution in [0.15, 0.2) is 23.8 Å². The Kier molecular flexibility index (Phi) is 6.32. The number of hydrogen-bond donors (Lipinski definition) is 1. The van der Waals surface area contributed by atoms with Crippen molar-refractivity contribution in [3.05, 3.63) is 39.9 Å². The number of carbonyl (C=O) groups excluding carboxylic acids is 1. The van der Waals surface area contributed by atoms with Crippen LogP contribution in [0.1, 0.15) is 43.2 Å². The normalized spacial score (nSPS) is 14.4. The summed E-state index contributed by atoms with van der Waals surface area (Å²) in [5.41, 5.74) is 3.39. The fraction of sp³-hybridized carbons (Fsp3) is 0.500. The average molecular weight is 322 g/mol. The maximum Gasteiger partial charge on any atom is 0.257 e. The third kappa shape index (κ3) is 5.06. The molecule has 0 bridgehead atoms. The van der Waals surface area contributed by atoms with Gasteiger partial charge in [0.1, 0.15) is 5.75 Å². The number of hydrogen-bond acceptors (Lipinski definition) is 2. The van der Waals surface area contributed by atoms with Crippen molar-refractivity contribution in [3.8, 4) is 5.75 Å². The van der Waals surface area contributed by atoms with E-state index < -0.39 is 0 Å². The molecule has 0 heterocycles. The molecule has 1 N–H and O–H groups in total. The largest absolute Gasteiger partial charge is 0.484 e. The van der Waals surface area contributed by atoms with Crippen LogP contribution in [0, 0.1) is 13.8 Å². The zero-order valence-electron chi connectivity index (χ0n) is 13.4. The van der Waals surface area contributed by atoms with Gasteiger partial charge in [0.05, 0.1) is 0 Å². The standard InChI is InChI=1S/C18H24ClNO2/c1-13-10-16(11-14(2)18(13)19)22-12-17(21)20-9-8-15-6-4-3-5-7-15/h6,10-11H,3-5,7-9,12H2,1-2H3,(H,20,21). The Hall–Kier alpha value is -1.48. The van der Waals surface area contributed by atoms with Crippen molar-refractivity contribution >= 4 is 17.5 Å². The summed E-state index contributed by atoms with van der Waals surface area (Å²) in [6.45, 7) is 4.59. The number of nitrogens with one attached hydrogen (secondary N) is 1. The monoisotopic (exact) mass is 321 g/mol. The molecule has 0 saturated carbocycles. The summed E-state index contributed by atoms with van der Waals surface area (Å²) < 4.78 is 5.54. The number of rotatable bonds is 6. The first-order chi connectivity index (χ1) is 10.6. The second kappa shape index (κ2) is 8.23. The molecule has 2 rings (SSSR count). The van der Waals surface area contributed by atoms with Gasteiger partial charge in [-0.3, -0.25) is 4.79 Å². The van der Waals surface area contributed by atoms with Gasteiger partial charge in [0.25, 0.3) is 5.91 Å². The van der Waals surface area contributed by atoms with Crippen molar-refractivity contribution in [2.24, 2.45) is 0 Å². The fourth-order valence-electron chi connectivity index (χ4n) is 2.68. The lowest BCUT2D eigenvalue weighted by atomic mass is 9.97. The van der Waals surface area contributed by atoms with Crippen LogP contribution >= 0.6 is 11.6 Å². The first-order valence-corrected chi connectivity index (χ1v) is 8.28. The summed E-state index contributed by atoms with van der Waals surface area (Å²) in [5, 5.41) is 3.66. The Morgan fingerprint density at radius 2 is 2.00 bits per heavy atom. The predicted octanol–water partition coefficient (Wildman–Crippen LogP) is 4.34. The first kappa shape index (κ1) is 16.9. The van der Waals surface area contributed by atoms with Crippen molar-refractivity contribution in [1.29, 1.82) is 0 Å². The highest BCUT2D eigenvalue weighted by Crippen LogP contribution is 2.25. The molecule has 0 radical (unpaired) electrons. The minimum absolute atomic E-state index is 0.0412. The smallest absolute Gasteiger partial charge is 0.257 e. The number of carbonyl (C=O) groups is 1. The molecule has 0 aliphatic heterocycles. The van der Waals surface area contributed by atoms with Crippen LogP contribution < -0.4 is 10.1 Å². The molecule has 1 amide bonds. The van der Waals surface area contributed by atoms with E-state index in [0.717, 1.165) is 22.6 Å². The van der Waals surface area contributed by atoms with Gasteiger partial charge >= 0.3 is 0 Å². The van der Waals surface area contributed by atoms with E-state index in [0.29, 0.717) is 12.3 Å². The van der Waals surface area contributed by atoms with Crippen LogP contribution in [0.5, 0.6) is 5.75 Å². The van der Waals surface area contributed by atoms with E-state index in [1.165, 1.54) is 31.3 Å². The van der Waals surface area contributed by atoms with E-state index in [9.17, 15) is 4.79 Å². The van der Waals surface area contributed by atoms with Gasteiger partial charge in [0, 0.05) is 11.6 Å². The molecule has 0 saturated heterocycles. The zero-order chi connectivity index (χ0) is 15.9. The van der Waals surface area contributed by atoms with Crippen LogP contribution in [-0.4, -0.2) is 19.1 Å². The SMILES string of the molecule is Cc1cc(OCC(=O)NCCC2=CCCCC2)cc(C)c1Cl. The second-order valence-electron chi connectivity index (χ2n) is 5.87. The van der Waals surface area contributed by atoms with E-state index in [-0.39, 0.29) is 12.5 Å². The number of aryl methyl sites for hydroxylation is 2. The van der Waals surface area contributed by atoms with Gasteiger partial charge in [0.2, 0.25) is 0 Å². The third-order valence-electron chi connectivity index (χ3n) is 3.93. The minimum Gasteiger partial charge on any atom is -0.484 e. The molecule has 4 heteroatoms. The Morgan fingerprint density at radius 3 is 2.64 bits per heavy atom. The molecule has 120 valence electrons. The maximum absolute atomic E-state index is 11.8. The van der Waals surface area contributed by atoms with Gasteiger partial charge in [-0.25, -0.2) is 0 Å². The lowest BCUT2D eigenvalue weighted by Crippen LogP contribution is -2.30. The molecule has 1 aromatic carbocycles. The van der Waals surface area contributed by atoms with Gasteiger partial charge in [0.15, 0.2) is 6.61 Å². The summed E-state index contributed by atoms with van der Waals surface area (Å²) in [6, 6.07) is 3.71. The third-order valence-corrected chi connectivity index (χ3v) is 4.53.